The van der Waals surface area contributed by atoms with Gasteiger partial charge in [-0.3, -0.25) is 9.59 Å². The van der Waals surface area contributed by atoms with Crippen molar-refractivity contribution in [2.24, 2.45) is 0 Å². The largest absolute Gasteiger partial charge is 0.294 e. The summed E-state index contributed by atoms with van der Waals surface area (Å²) in [7, 11) is 0. The van der Waals surface area contributed by atoms with Crippen molar-refractivity contribution in [1.82, 2.24) is 0 Å². The molecule has 21 heavy (non-hydrogen) atoms. The number of hydrogen-bond donors (Lipinski definition) is 0. The highest BCUT2D eigenvalue weighted by molar-refractivity contribution is 8.13. The van der Waals surface area contributed by atoms with E-state index in [1.165, 1.54) is 18.7 Å². The van der Waals surface area contributed by atoms with Gasteiger partial charge in [-0.05, 0) is 29.8 Å². The molecule has 0 N–H and O–H groups in total. The van der Waals surface area contributed by atoms with Crippen LogP contribution >= 0.6 is 23.4 Å². The van der Waals surface area contributed by atoms with E-state index in [0.717, 1.165) is 5.56 Å². The van der Waals surface area contributed by atoms with Gasteiger partial charge in [0, 0.05) is 29.2 Å². The first-order chi connectivity index (χ1) is 10.1. The van der Waals surface area contributed by atoms with Gasteiger partial charge in [-0.25, -0.2) is 0 Å². The van der Waals surface area contributed by atoms with E-state index in [2.05, 4.69) is 0 Å². The molecule has 0 aliphatic carbocycles. The Morgan fingerprint density at radius 3 is 2.24 bits per heavy atom. The first kappa shape index (κ1) is 15.8. The average molecular weight is 319 g/mol. The number of hydrogen-bond acceptors (Lipinski definition) is 3. The molecule has 2 aromatic rings. The van der Waals surface area contributed by atoms with Gasteiger partial charge >= 0.3 is 0 Å². The lowest BCUT2D eigenvalue weighted by atomic mass is 10.0. The highest BCUT2D eigenvalue weighted by atomic mass is 35.5. The van der Waals surface area contributed by atoms with E-state index in [1.54, 1.807) is 24.3 Å². The molecule has 0 spiro atoms. The summed E-state index contributed by atoms with van der Waals surface area (Å²) in [6, 6.07) is 16.4. The molecule has 0 saturated heterocycles. The molecule has 0 bridgehead atoms. The summed E-state index contributed by atoms with van der Waals surface area (Å²) in [5.74, 6) is 0.00858. The Labute approximate surface area is 133 Å². The van der Waals surface area contributed by atoms with Crippen molar-refractivity contribution < 1.29 is 9.59 Å². The van der Waals surface area contributed by atoms with Crippen LogP contribution < -0.4 is 0 Å². The third-order valence-corrected chi connectivity index (χ3v) is 4.32. The normalized spacial score (nSPS) is 11.9. The van der Waals surface area contributed by atoms with Gasteiger partial charge in [0.05, 0.1) is 0 Å². The first-order valence-electron chi connectivity index (χ1n) is 6.57. The van der Waals surface area contributed by atoms with Crippen molar-refractivity contribution in [2.45, 2.75) is 18.6 Å². The molecule has 0 unspecified atom stereocenters. The molecular weight excluding hydrogens is 304 g/mol. The van der Waals surface area contributed by atoms with Gasteiger partial charge in [-0.15, -0.1) is 0 Å². The van der Waals surface area contributed by atoms with Crippen LogP contribution in [0.15, 0.2) is 54.6 Å². The number of Topliss-reactive ketones (excluding diaryl/α,β-unsaturated/α-hetero) is 1. The minimum atomic E-state index is -0.160. The molecule has 2 nitrogen and oxygen atoms in total. The summed E-state index contributed by atoms with van der Waals surface area (Å²) >= 11 is 7.02. The maximum Gasteiger partial charge on any atom is 0.186 e. The maximum atomic E-state index is 12.4. The van der Waals surface area contributed by atoms with Gasteiger partial charge in [0.15, 0.2) is 10.9 Å². The van der Waals surface area contributed by atoms with E-state index in [9.17, 15) is 9.59 Å². The van der Waals surface area contributed by atoms with Crippen molar-refractivity contribution in [3.8, 4) is 0 Å². The smallest absolute Gasteiger partial charge is 0.186 e. The van der Waals surface area contributed by atoms with Gasteiger partial charge < -0.3 is 0 Å². The quantitative estimate of drug-likeness (QED) is 0.733. The summed E-state index contributed by atoms with van der Waals surface area (Å²) in [5, 5.41) is 0.448. The van der Waals surface area contributed by atoms with Crippen LogP contribution in [-0.4, -0.2) is 10.9 Å². The zero-order chi connectivity index (χ0) is 15.2. The predicted octanol–water partition coefficient (Wildman–Crippen LogP) is 4.93. The fourth-order valence-electron chi connectivity index (χ4n) is 2.02. The molecule has 0 heterocycles. The van der Waals surface area contributed by atoms with Gasteiger partial charge in [0.1, 0.15) is 0 Å². The van der Waals surface area contributed by atoms with E-state index < -0.39 is 0 Å². The van der Waals surface area contributed by atoms with Crippen LogP contribution in [0.2, 0.25) is 5.02 Å². The molecule has 1 atom stereocenters. The van der Waals surface area contributed by atoms with Crippen molar-refractivity contribution in [2.75, 3.05) is 0 Å². The second-order valence-electron chi connectivity index (χ2n) is 4.64. The molecule has 0 aromatic heterocycles. The Balaban J connectivity index is 2.17. The van der Waals surface area contributed by atoms with Crippen LogP contribution in [0.3, 0.4) is 0 Å². The van der Waals surface area contributed by atoms with Crippen molar-refractivity contribution in [3.63, 3.8) is 0 Å². The number of benzene rings is 2. The number of thioether (sulfide) groups is 1. The Hall–Kier alpha value is -1.58. The summed E-state index contributed by atoms with van der Waals surface area (Å²) in [6.45, 7) is 1.52. The zero-order valence-electron chi connectivity index (χ0n) is 11.6. The monoisotopic (exact) mass is 318 g/mol. The summed E-state index contributed by atoms with van der Waals surface area (Å²) in [5.41, 5.74) is 1.60. The fourth-order valence-corrected chi connectivity index (χ4v) is 3.07. The van der Waals surface area contributed by atoms with Crippen LogP contribution in [0.4, 0.5) is 0 Å². The Morgan fingerprint density at radius 2 is 1.67 bits per heavy atom. The highest BCUT2D eigenvalue weighted by Gasteiger charge is 2.19. The molecule has 0 saturated carbocycles. The summed E-state index contributed by atoms with van der Waals surface area (Å²) < 4.78 is 0. The van der Waals surface area contributed by atoms with Crippen molar-refractivity contribution in [3.05, 3.63) is 70.7 Å². The van der Waals surface area contributed by atoms with E-state index in [1.807, 2.05) is 30.3 Å². The molecule has 0 amide bonds. The van der Waals surface area contributed by atoms with Crippen LogP contribution in [0, 0.1) is 0 Å². The highest BCUT2D eigenvalue weighted by Crippen LogP contribution is 2.33. The van der Waals surface area contributed by atoms with Crippen LogP contribution in [0.5, 0.6) is 0 Å². The molecule has 0 fully saturated rings. The zero-order valence-corrected chi connectivity index (χ0v) is 13.2. The lowest BCUT2D eigenvalue weighted by molar-refractivity contribution is -0.109. The maximum absolute atomic E-state index is 12.4. The topological polar surface area (TPSA) is 34.1 Å². The molecular formula is C17H15ClO2S. The molecule has 108 valence electrons. The fraction of sp³-hybridized carbons (Fsp3) is 0.176. The molecule has 0 aliphatic heterocycles. The van der Waals surface area contributed by atoms with Gasteiger partial charge in [0.2, 0.25) is 0 Å². The number of carbonyl (C=O) groups is 2. The third kappa shape index (κ3) is 4.73. The summed E-state index contributed by atoms with van der Waals surface area (Å²) in [6.07, 6.45) is 0.288. The van der Waals surface area contributed by atoms with E-state index in [0.29, 0.717) is 10.6 Å². The number of carbonyl (C=O) groups excluding carboxylic acids is 2. The Bertz CT molecular complexity index is 623. The second kappa shape index (κ2) is 7.43. The number of halogens is 1. The van der Waals surface area contributed by atoms with Crippen molar-refractivity contribution in [1.29, 1.82) is 0 Å². The predicted molar refractivity (Wildman–Crippen MR) is 87.9 cm³/mol. The van der Waals surface area contributed by atoms with Crippen LogP contribution in [0.25, 0.3) is 0 Å². The molecule has 2 aromatic carbocycles. The minimum absolute atomic E-state index is 0.00718. The van der Waals surface area contributed by atoms with Crippen molar-refractivity contribution >= 4 is 34.3 Å². The molecule has 4 heteroatoms. The second-order valence-corrected chi connectivity index (χ2v) is 6.46. The SMILES string of the molecule is CC(=O)S[C@H](CC(=O)c1ccc(Cl)cc1)c1ccccc1. The van der Waals surface area contributed by atoms with Gasteiger partial charge in [0.25, 0.3) is 0 Å². The lowest BCUT2D eigenvalue weighted by Gasteiger charge is -2.14. The molecule has 0 radical (unpaired) electrons. The van der Waals surface area contributed by atoms with E-state index >= 15 is 0 Å². The Morgan fingerprint density at radius 1 is 1.05 bits per heavy atom. The average Bonchev–Trinajstić information content (AvgIpc) is 2.47. The molecule has 2 rings (SSSR count). The minimum Gasteiger partial charge on any atom is -0.294 e. The van der Waals surface area contributed by atoms with Gasteiger partial charge in [-0.2, -0.15) is 0 Å². The van der Waals surface area contributed by atoms with E-state index in [-0.39, 0.29) is 22.6 Å². The summed E-state index contributed by atoms with van der Waals surface area (Å²) in [4.78, 5) is 23.8. The van der Waals surface area contributed by atoms with Gasteiger partial charge in [-0.1, -0.05) is 53.7 Å². The lowest BCUT2D eigenvalue weighted by Crippen LogP contribution is -2.06. The number of rotatable bonds is 5. The van der Waals surface area contributed by atoms with Crippen LogP contribution in [-0.2, 0) is 4.79 Å². The standard InChI is InChI=1S/C17H15ClO2S/c1-12(19)21-17(14-5-3-2-4-6-14)11-16(20)13-7-9-15(18)10-8-13/h2-10,17H,11H2,1H3/t17-/m1/s1. The third-order valence-electron chi connectivity index (χ3n) is 3.02. The molecule has 0 aliphatic rings. The first-order valence-corrected chi connectivity index (χ1v) is 7.83. The van der Waals surface area contributed by atoms with Crippen LogP contribution in [0.1, 0.15) is 34.5 Å². The number of ketones is 1. The van der Waals surface area contributed by atoms with E-state index in [4.69, 9.17) is 11.6 Å². The Kier molecular flexibility index (Phi) is 5.59.